The molecule has 4 atom stereocenters. The molecule has 3 aliphatic rings. The normalized spacial score (nSPS) is 26.7. The van der Waals surface area contributed by atoms with E-state index < -0.39 is 10.4 Å². The molecule has 0 spiro atoms. The number of H-pyrrole nitrogens is 1. The van der Waals surface area contributed by atoms with Gasteiger partial charge in [0.1, 0.15) is 0 Å². The summed E-state index contributed by atoms with van der Waals surface area (Å²) in [4.78, 5) is 33.5. The smallest absolute Gasteiger partial charge is 0.726 e. The molecular weight excluding hydrogens is 553 g/mol. The van der Waals surface area contributed by atoms with E-state index >= 15 is 0 Å². The van der Waals surface area contributed by atoms with Gasteiger partial charge < -0.3 is 9.54 Å². The zero-order valence-corrected chi connectivity index (χ0v) is 28.1. The van der Waals surface area contributed by atoms with E-state index in [0.717, 1.165) is 25.0 Å². The Balaban J connectivity index is 0.00000462. The van der Waals surface area contributed by atoms with E-state index in [1.165, 1.54) is 30.2 Å². The fraction of sp³-hybridized carbons (Fsp3) is 0.700. The predicted octanol–water partition coefficient (Wildman–Crippen LogP) is 2.09. The molecule has 1 fully saturated rings. The van der Waals surface area contributed by atoms with E-state index in [-0.39, 0.29) is 71.3 Å². The molecule has 2 amide bonds. The molecule has 11 heteroatoms. The molecule has 4 rings (SSSR count). The number of rotatable bonds is 13. The third-order valence-electron chi connectivity index (χ3n) is 9.93. The van der Waals surface area contributed by atoms with E-state index in [1.807, 2.05) is 0 Å². The maximum absolute atomic E-state index is 12.9. The molecule has 1 unspecified atom stereocenters. The fourth-order valence-corrected chi connectivity index (χ4v) is 7.47. The van der Waals surface area contributed by atoms with Gasteiger partial charge in [0.2, 0.25) is 10.4 Å². The van der Waals surface area contributed by atoms with E-state index in [0.29, 0.717) is 43.1 Å². The molecule has 41 heavy (non-hydrogen) atoms. The van der Waals surface area contributed by atoms with Gasteiger partial charge in [0, 0.05) is 36.5 Å². The quantitative estimate of drug-likeness (QED) is 0.121. The fourth-order valence-electron chi connectivity index (χ4n) is 7.11. The second kappa shape index (κ2) is 14.0. The summed E-state index contributed by atoms with van der Waals surface area (Å²) in [6.07, 6.45) is 15.5. The Bertz CT molecular complexity index is 1240. The first kappa shape index (κ1) is 34.2. The van der Waals surface area contributed by atoms with Gasteiger partial charge in [-0.1, -0.05) is 39.3 Å². The second-order valence-electron chi connectivity index (χ2n) is 12.9. The predicted molar refractivity (Wildman–Crippen MR) is 150 cm³/mol. The summed E-state index contributed by atoms with van der Waals surface area (Å²) in [5, 5.41) is 0. The Morgan fingerprint density at radius 2 is 1.95 bits per heavy atom. The van der Waals surface area contributed by atoms with Crippen LogP contribution in [0, 0.1) is 28.6 Å². The Kier molecular flexibility index (Phi) is 11.7. The summed E-state index contributed by atoms with van der Waals surface area (Å²) in [6, 6.07) is 0. The van der Waals surface area contributed by atoms with Crippen molar-refractivity contribution < 1.29 is 56.3 Å². The average molecular weight is 598 g/mol. The zero-order valence-electron chi connectivity index (χ0n) is 25.3. The van der Waals surface area contributed by atoms with Crippen molar-refractivity contribution in [1.82, 2.24) is 14.9 Å². The Labute approximate surface area is 267 Å². The molecule has 1 N–H and O–H groups in total. The van der Waals surface area contributed by atoms with Gasteiger partial charge in [-0.15, -0.1) is 0 Å². The molecule has 9 nitrogen and oxygen atoms in total. The van der Waals surface area contributed by atoms with Crippen LogP contribution in [0.15, 0.2) is 35.8 Å². The Morgan fingerprint density at radius 3 is 2.63 bits per heavy atom. The monoisotopic (exact) mass is 597 g/mol. The maximum Gasteiger partial charge on any atom is 1.00 e. The summed E-state index contributed by atoms with van der Waals surface area (Å²) in [6.45, 7) is 9.54. The summed E-state index contributed by atoms with van der Waals surface area (Å²) in [5.74, 6) is 0.340. The van der Waals surface area contributed by atoms with Crippen LogP contribution >= 0.6 is 0 Å². The van der Waals surface area contributed by atoms with Gasteiger partial charge in [-0.25, -0.2) is 13.4 Å². The number of allylic oxidation sites excluding steroid dienone is 2. The van der Waals surface area contributed by atoms with Crippen LogP contribution in [-0.4, -0.2) is 52.8 Å². The molecule has 2 aliphatic carbocycles. The summed E-state index contributed by atoms with van der Waals surface area (Å²) in [5.41, 5.74) is 3.16. The van der Waals surface area contributed by atoms with Crippen LogP contribution in [0.4, 0.5) is 0 Å². The largest absolute Gasteiger partial charge is 1.00 e. The molecule has 0 saturated heterocycles. The van der Waals surface area contributed by atoms with Gasteiger partial charge in [0.15, 0.2) is 0 Å². The summed E-state index contributed by atoms with van der Waals surface area (Å²) >= 11 is 0. The number of nitrogens with zero attached hydrogens (tertiary/aromatic N) is 2. The van der Waals surface area contributed by atoms with Crippen LogP contribution in [0.1, 0.15) is 91.2 Å². The molecule has 1 aromatic heterocycles. The third kappa shape index (κ3) is 8.42. The van der Waals surface area contributed by atoms with Gasteiger partial charge in [-0.2, -0.15) is 0 Å². The molecule has 0 bridgehead atoms. The van der Waals surface area contributed by atoms with E-state index in [4.69, 9.17) is 4.18 Å². The van der Waals surface area contributed by atoms with Crippen molar-refractivity contribution in [2.75, 3.05) is 13.2 Å². The number of imide groups is 1. The Morgan fingerprint density at radius 1 is 1.20 bits per heavy atom. The average Bonchev–Trinajstić information content (AvgIpc) is 3.49. The van der Waals surface area contributed by atoms with Gasteiger partial charge in [-0.3, -0.25) is 18.7 Å². The molecule has 1 aromatic rings. The molecule has 2 heterocycles. The van der Waals surface area contributed by atoms with Crippen molar-refractivity contribution in [2.45, 2.75) is 91.9 Å². The Hall–Kier alpha value is -1.30. The first-order valence-corrected chi connectivity index (χ1v) is 16.0. The minimum atomic E-state index is -4.80. The van der Waals surface area contributed by atoms with Gasteiger partial charge in [-0.05, 0) is 86.4 Å². The number of carbonyl (C=O) groups excluding carboxylic acids is 2. The van der Waals surface area contributed by atoms with Crippen LogP contribution in [0.3, 0.4) is 0 Å². The van der Waals surface area contributed by atoms with Crippen molar-refractivity contribution in [3.8, 4) is 0 Å². The number of aromatic amines is 1. The minimum absolute atomic E-state index is 0. The number of imidazole rings is 1. The maximum atomic E-state index is 12.9. The van der Waals surface area contributed by atoms with E-state index in [9.17, 15) is 22.6 Å². The molecule has 222 valence electrons. The molecular formula is C30H44N3NaO6S. The van der Waals surface area contributed by atoms with Crippen LogP contribution in [0.2, 0.25) is 0 Å². The standard InChI is InChI=1S/C30H45N3O6S.Na/c1-21-10-11-25-26(9-6-14-29(25,2)3)30(21,4)15-12-22(19-39-40(36,37)38)7-5-8-23-17-27(34)33(28(23)35)16-13-24-18-31-20-32-24;/h9,17-18,20-22,25H,5-8,10-16,19H2,1-4H3,(H,31,32)(H,36,37,38);/q;+1/p-1/t21-,22?,25-,30-;/m0./s1. The van der Waals surface area contributed by atoms with Crippen molar-refractivity contribution in [2.24, 2.45) is 28.6 Å². The molecule has 1 saturated carbocycles. The topological polar surface area (TPSA) is 132 Å². The van der Waals surface area contributed by atoms with Crippen molar-refractivity contribution in [3.63, 3.8) is 0 Å². The van der Waals surface area contributed by atoms with Gasteiger partial charge in [0.25, 0.3) is 11.8 Å². The van der Waals surface area contributed by atoms with Crippen LogP contribution in [0.25, 0.3) is 0 Å². The van der Waals surface area contributed by atoms with Crippen LogP contribution in [0.5, 0.6) is 0 Å². The number of carbonyl (C=O) groups is 2. The SMILES string of the molecule is C[C@H]1CC[C@H]2C(=CCCC2(C)C)[C@@]1(C)CCC(CCCC1=CC(=O)N(CCc2cnc[nH]2)C1=O)COS(=O)(=O)[O-].[Na+]. The molecule has 0 aromatic carbocycles. The number of amides is 2. The van der Waals surface area contributed by atoms with Gasteiger partial charge in [0.05, 0.1) is 12.9 Å². The number of fused-ring (bicyclic) bond motifs is 1. The number of nitrogens with one attached hydrogen (secondary N) is 1. The second-order valence-corrected chi connectivity index (χ2v) is 14.0. The molecule has 0 radical (unpaired) electrons. The van der Waals surface area contributed by atoms with Crippen molar-refractivity contribution in [1.29, 1.82) is 0 Å². The van der Waals surface area contributed by atoms with Crippen molar-refractivity contribution >= 4 is 22.2 Å². The first-order chi connectivity index (χ1) is 18.8. The van der Waals surface area contributed by atoms with Crippen LogP contribution < -0.4 is 29.6 Å². The van der Waals surface area contributed by atoms with Crippen molar-refractivity contribution in [3.05, 3.63) is 41.5 Å². The zero-order chi connectivity index (χ0) is 29.1. The van der Waals surface area contributed by atoms with Crippen LogP contribution in [-0.2, 0) is 30.6 Å². The number of aromatic nitrogens is 2. The number of hydrogen-bond donors (Lipinski definition) is 1. The minimum Gasteiger partial charge on any atom is -0.726 e. The summed E-state index contributed by atoms with van der Waals surface area (Å²) < 4.78 is 38.5. The van der Waals surface area contributed by atoms with Gasteiger partial charge >= 0.3 is 29.6 Å². The first-order valence-electron chi connectivity index (χ1n) is 14.6. The molecule has 1 aliphatic heterocycles. The number of hydrogen-bond acceptors (Lipinski definition) is 7. The third-order valence-corrected chi connectivity index (χ3v) is 10.4. The van der Waals surface area contributed by atoms with E-state index in [2.05, 4.69) is 43.7 Å². The van der Waals surface area contributed by atoms with E-state index in [1.54, 1.807) is 18.1 Å². The summed E-state index contributed by atoms with van der Waals surface area (Å²) in [7, 11) is -4.80.